The van der Waals surface area contributed by atoms with Crippen molar-refractivity contribution in [2.24, 2.45) is 0 Å². The normalized spacial score (nSPS) is 18.9. The first-order valence-corrected chi connectivity index (χ1v) is 5.41. The SMILES string of the molecule is CN1C(=O)CC(NC(=O)Oc2ccccc2)C1=O. The number of carbonyl (C=O) groups is 3. The number of imide groups is 1. The van der Waals surface area contributed by atoms with Gasteiger partial charge in [-0.05, 0) is 12.1 Å². The highest BCUT2D eigenvalue weighted by Gasteiger charge is 2.37. The van der Waals surface area contributed by atoms with Crippen LogP contribution in [0.5, 0.6) is 5.75 Å². The van der Waals surface area contributed by atoms with E-state index < -0.39 is 18.0 Å². The molecule has 0 aliphatic carbocycles. The first kappa shape index (κ1) is 12.1. The van der Waals surface area contributed by atoms with Gasteiger partial charge in [0.1, 0.15) is 11.8 Å². The summed E-state index contributed by atoms with van der Waals surface area (Å²) in [4.78, 5) is 35.3. The minimum atomic E-state index is -0.835. The standard InChI is InChI=1S/C12H12N2O4/c1-14-10(15)7-9(11(14)16)13-12(17)18-8-5-3-2-4-6-8/h2-6,9H,7H2,1H3,(H,13,17). The van der Waals surface area contributed by atoms with E-state index >= 15 is 0 Å². The Bertz CT molecular complexity index is 486. The van der Waals surface area contributed by atoms with Crippen LogP contribution in [-0.4, -0.2) is 35.9 Å². The van der Waals surface area contributed by atoms with Crippen LogP contribution in [0.1, 0.15) is 6.42 Å². The highest BCUT2D eigenvalue weighted by atomic mass is 16.6. The van der Waals surface area contributed by atoms with E-state index in [2.05, 4.69) is 5.32 Å². The second-order valence-electron chi connectivity index (χ2n) is 3.89. The molecule has 0 radical (unpaired) electrons. The Morgan fingerprint density at radius 2 is 2.00 bits per heavy atom. The molecule has 6 nitrogen and oxygen atoms in total. The zero-order chi connectivity index (χ0) is 13.1. The maximum Gasteiger partial charge on any atom is 0.413 e. The van der Waals surface area contributed by atoms with Crippen LogP contribution in [0.15, 0.2) is 30.3 Å². The summed E-state index contributed by atoms with van der Waals surface area (Å²) < 4.78 is 4.96. The van der Waals surface area contributed by atoms with Gasteiger partial charge in [0.25, 0.3) is 5.91 Å². The van der Waals surface area contributed by atoms with Crippen LogP contribution in [0.25, 0.3) is 0 Å². The molecular formula is C12H12N2O4. The Hall–Kier alpha value is -2.37. The summed E-state index contributed by atoms with van der Waals surface area (Å²) in [6.45, 7) is 0. The van der Waals surface area contributed by atoms with Gasteiger partial charge in [-0.2, -0.15) is 0 Å². The number of amides is 3. The first-order valence-electron chi connectivity index (χ1n) is 5.41. The molecule has 0 spiro atoms. The lowest BCUT2D eigenvalue weighted by atomic mass is 10.2. The molecule has 6 heteroatoms. The first-order chi connectivity index (χ1) is 8.58. The van der Waals surface area contributed by atoms with Crippen molar-refractivity contribution in [1.82, 2.24) is 10.2 Å². The molecule has 1 N–H and O–H groups in total. The van der Waals surface area contributed by atoms with Crippen LogP contribution >= 0.6 is 0 Å². The van der Waals surface area contributed by atoms with Gasteiger partial charge >= 0.3 is 6.09 Å². The summed E-state index contributed by atoms with van der Waals surface area (Å²) >= 11 is 0. The maximum absolute atomic E-state index is 11.5. The number of rotatable bonds is 2. The number of carbonyl (C=O) groups excluding carboxylic acids is 3. The third-order valence-corrected chi connectivity index (χ3v) is 2.63. The lowest BCUT2D eigenvalue weighted by Crippen LogP contribution is -2.41. The summed E-state index contributed by atoms with van der Waals surface area (Å²) in [5.41, 5.74) is 0. The number of likely N-dealkylation sites (tertiary alicyclic amines) is 1. The van der Waals surface area contributed by atoms with Crippen molar-refractivity contribution in [2.45, 2.75) is 12.5 Å². The Morgan fingerprint density at radius 1 is 1.33 bits per heavy atom. The summed E-state index contributed by atoms with van der Waals surface area (Å²) in [6.07, 6.45) is -0.776. The molecule has 1 unspecified atom stereocenters. The van der Waals surface area contributed by atoms with Gasteiger partial charge in [0.15, 0.2) is 0 Å². The lowest BCUT2D eigenvalue weighted by molar-refractivity contribution is -0.137. The molecule has 1 saturated heterocycles. The van der Waals surface area contributed by atoms with Gasteiger partial charge in [-0.15, -0.1) is 0 Å². The molecule has 1 heterocycles. The third-order valence-electron chi connectivity index (χ3n) is 2.63. The molecule has 1 atom stereocenters. The zero-order valence-corrected chi connectivity index (χ0v) is 9.75. The van der Waals surface area contributed by atoms with Gasteiger partial charge in [0.2, 0.25) is 5.91 Å². The number of para-hydroxylation sites is 1. The molecule has 2 rings (SSSR count). The minimum absolute atomic E-state index is 0.0285. The average Bonchev–Trinajstić information content (AvgIpc) is 2.58. The van der Waals surface area contributed by atoms with E-state index in [1.165, 1.54) is 7.05 Å². The van der Waals surface area contributed by atoms with E-state index in [-0.39, 0.29) is 12.3 Å². The van der Waals surface area contributed by atoms with Crippen LogP contribution in [0.4, 0.5) is 4.79 Å². The van der Waals surface area contributed by atoms with Crippen molar-refractivity contribution >= 4 is 17.9 Å². The predicted molar refractivity (Wildman–Crippen MR) is 61.8 cm³/mol. The highest BCUT2D eigenvalue weighted by molar-refractivity contribution is 6.06. The van der Waals surface area contributed by atoms with E-state index in [0.29, 0.717) is 5.75 Å². The third kappa shape index (κ3) is 2.48. The van der Waals surface area contributed by atoms with Gasteiger partial charge in [-0.3, -0.25) is 14.5 Å². The van der Waals surface area contributed by atoms with Crippen molar-refractivity contribution in [3.8, 4) is 5.75 Å². The Kier molecular flexibility index (Phi) is 3.27. The molecule has 94 valence electrons. The van der Waals surface area contributed by atoms with Crippen LogP contribution in [0, 0.1) is 0 Å². The largest absolute Gasteiger partial charge is 0.413 e. The number of hydrogen-bond acceptors (Lipinski definition) is 4. The number of hydrogen-bond donors (Lipinski definition) is 1. The smallest absolute Gasteiger partial charge is 0.410 e. The zero-order valence-electron chi connectivity index (χ0n) is 9.75. The predicted octanol–water partition coefficient (Wildman–Crippen LogP) is 0.532. The van der Waals surface area contributed by atoms with Gasteiger partial charge in [0, 0.05) is 7.05 Å². The molecule has 0 bridgehead atoms. The van der Waals surface area contributed by atoms with Crippen molar-refractivity contribution in [3.05, 3.63) is 30.3 Å². The van der Waals surface area contributed by atoms with E-state index in [0.717, 1.165) is 4.90 Å². The van der Waals surface area contributed by atoms with Crippen LogP contribution in [0.3, 0.4) is 0 Å². The number of nitrogens with one attached hydrogen (secondary N) is 1. The van der Waals surface area contributed by atoms with Crippen LogP contribution in [-0.2, 0) is 9.59 Å². The molecule has 3 amide bonds. The quantitative estimate of drug-likeness (QED) is 0.775. The molecule has 1 aromatic rings. The van der Waals surface area contributed by atoms with Crippen LogP contribution < -0.4 is 10.1 Å². The molecule has 0 saturated carbocycles. The Balaban J connectivity index is 1.93. The molecular weight excluding hydrogens is 236 g/mol. The fourth-order valence-corrected chi connectivity index (χ4v) is 1.64. The van der Waals surface area contributed by atoms with Crippen molar-refractivity contribution in [3.63, 3.8) is 0 Å². The van der Waals surface area contributed by atoms with Gasteiger partial charge < -0.3 is 10.1 Å². The summed E-state index contributed by atoms with van der Waals surface area (Å²) in [5.74, 6) is -0.366. The molecule has 1 aliphatic heterocycles. The number of likely N-dealkylation sites (N-methyl/N-ethyl adjacent to an activating group) is 1. The minimum Gasteiger partial charge on any atom is -0.410 e. The lowest BCUT2D eigenvalue weighted by Gasteiger charge is -2.11. The molecule has 1 fully saturated rings. The molecule has 1 aromatic carbocycles. The van der Waals surface area contributed by atoms with Gasteiger partial charge in [0.05, 0.1) is 6.42 Å². The van der Waals surface area contributed by atoms with Crippen molar-refractivity contribution in [1.29, 1.82) is 0 Å². The maximum atomic E-state index is 11.5. The molecule has 1 aliphatic rings. The fraction of sp³-hybridized carbons (Fsp3) is 0.250. The Labute approximate surface area is 104 Å². The second kappa shape index (κ2) is 4.87. The van der Waals surface area contributed by atoms with Crippen molar-refractivity contribution in [2.75, 3.05) is 7.05 Å². The molecule has 0 aromatic heterocycles. The molecule has 18 heavy (non-hydrogen) atoms. The number of benzene rings is 1. The van der Waals surface area contributed by atoms with E-state index in [1.807, 2.05) is 0 Å². The Morgan fingerprint density at radius 3 is 2.56 bits per heavy atom. The fourth-order valence-electron chi connectivity index (χ4n) is 1.64. The summed E-state index contributed by atoms with van der Waals surface area (Å²) in [5, 5.41) is 2.36. The number of nitrogens with zero attached hydrogens (tertiary/aromatic N) is 1. The van der Waals surface area contributed by atoms with Gasteiger partial charge in [-0.25, -0.2) is 4.79 Å². The summed E-state index contributed by atoms with van der Waals surface area (Å²) in [6, 6.07) is 7.64. The van der Waals surface area contributed by atoms with E-state index in [4.69, 9.17) is 4.74 Å². The van der Waals surface area contributed by atoms with Crippen molar-refractivity contribution < 1.29 is 19.1 Å². The topological polar surface area (TPSA) is 75.7 Å². The monoisotopic (exact) mass is 248 g/mol. The van der Waals surface area contributed by atoms with Crippen LogP contribution in [0.2, 0.25) is 0 Å². The summed E-state index contributed by atoms with van der Waals surface area (Å²) in [7, 11) is 1.38. The second-order valence-corrected chi connectivity index (χ2v) is 3.89. The van der Waals surface area contributed by atoms with E-state index in [1.54, 1.807) is 30.3 Å². The highest BCUT2D eigenvalue weighted by Crippen LogP contribution is 2.12. The average molecular weight is 248 g/mol. The number of ether oxygens (including phenoxy) is 1. The van der Waals surface area contributed by atoms with Gasteiger partial charge in [-0.1, -0.05) is 18.2 Å². The van der Waals surface area contributed by atoms with E-state index in [9.17, 15) is 14.4 Å².